The summed E-state index contributed by atoms with van der Waals surface area (Å²) in [6, 6.07) is 10.2. The van der Waals surface area contributed by atoms with Crippen LogP contribution in [-0.2, 0) is 0 Å². The predicted octanol–water partition coefficient (Wildman–Crippen LogP) is 4.92. The number of amides is 1. The smallest absolute Gasteiger partial charge is 0.272 e. The van der Waals surface area contributed by atoms with Crippen molar-refractivity contribution in [3.05, 3.63) is 62.0 Å². The number of nitrogens with zero attached hydrogens (tertiary/aromatic N) is 1. The van der Waals surface area contributed by atoms with E-state index in [4.69, 9.17) is 27.9 Å². The van der Waals surface area contributed by atoms with E-state index >= 15 is 0 Å². The van der Waals surface area contributed by atoms with Gasteiger partial charge in [0.2, 0.25) is 0 Å². The van der Waals surface area contributed by atoms with Crippen molar-refractivity contribution in [3.8, 4) is 5.75 Å². The van der Waals surface area contributed by atoms with Gasteiger partial charge < -0.3 is 4.74 Å². The summed E-state index contributed by atoms with van der Waals surface area (Å²) >= 11 is 15.2. The van der Waals surface area contributed by atoms with Gasteiger partial charge in [-0.15, -0.1) is 0 Å². The number of hydrogen-bond acceptors (Lipinski definition) is 3. The Balaban J connectivity index is 2.12. The van der Waals surface area contributed by atoms with E-state index in [9.17, 15) is 4.79 Å². The van der Waals surface area contributed by atoms with Gasteiger partial charge in [-0.2, -0.15) is 5.10 Å². The van der Waals surface area contributed by atoms with Crippen molar-refractivity contribution in [2.24, 2.45) is 5.10 Å². The molecule has 2 aromatic carbocycles. The summed E-state index contributed by atoms with van der Waals surface area (Å²) in [5, 5.41) is 4.68. The van der Waals surface area contributed by atoms with Gasteiger partial charge in [0.05, 0.1) is 23.4 Å². The highest BCUT2D eigenvalue weighted by Crippen LogP contribution is 2.22. The lowest BCUT2D eigenvalue weighted by molar-refractivity contribution is 0.0955. The molecule has 4 nitrogen and oxygen atoms in total. The van der Waals surface area contributed by atoms with Crippen molar-refractivity contribution < 1.29 is 9.53 Å². The molecule has 2 rings (SSSR count). The molecule has 0 atom stereocenters. The van der Waals surface area contributed by atoms with Gasteiger partial charge in [-0.25, -0.2) is 5.43 Å². The molecule has 7 heteroatoms. The van der Waals surface area contributed by atoms with E-state index in [0.717, 1.165) is 10.0 Å². The Morgan fingerprint density at radius 2 is 2.09 bits per heavy atom. The largest absolute Gasteiger partial charge is 0.493 e. The highest BCUT2D eigenvalue weighted by molar-refractivity contribution is 9.10. The quantitative estimate of drug-likeness (QED) is 0.556. The fourth-order valence-electron chi connectivity index (χ4n) is 1.80. The van der Waals surface area contributed by atoms with E-state index in [-0.39, 0.29) is 5.02 Å². The standard InChI is InChI=1S/C16H13BrCl2N2O2/c1-2-23-15-6-3-11(17)7-10(15)9-20-21-16(22)13-5-4-12(18)8-14(13)19/h3-9H,2H2,1H3,(H,21,22). The van der Waals surface area contributed by atoms with Gasteiger partial charge in [0.15, 0.2) is 0 Å². The lowest BCUT2D eigenvalue weighted by Crippen LogP contribution is -2.18. The minimum absolute atomic E-state index is 0.266. The first-order chi connectivity index (χ1) is 11.0. The highest BCUT2D eigenvalue weighted by Gasteiger charge is 2.10. The molecule has 0 bridgehead atoms. The Labute approximate surface area is 152 Å². The Hall–Kier alpha value is -1.56. The van der Waals surface area contributed by atoms with Crippen molar-refractivity contribution >= 4 is 51.3 Å². The third-order valence-corrected chi connectivity index (χ3v) is 3.86. The zero-order valence-electron chi connectivity index (χ0n) is 12.1. The second kappa shape index (κ2) is 8.34. The molecule has 120 valence electrons. The summed E-state index contributed by atoms with van der Waals surface area (Å²) in [5.41, 5.74) is 3.47. The molecular formula is C16H13BrCl2N2O2. The topological polar surface area (TPSA) is 50.7 Å². The number of hydrogen-bond donors (Lipinski definition) is 1. The van der Waals surface area contributed by atoms with E-state index in [1.165, 1.54) is 12.3 Å². The summed E-state index contributed by atoms with van der Waals surface area (Å²) in [5.74, 6) is 0.258. The minimum Gasteiger partial charge on any atom is -0.493 e. The Morgan fingerprint density at radius 1 is 1.30 bits per heavy atom. The summed E-state index contributed by atoms with van der Waals surface area (Å²) in [6.07, 6.45) is 1.51. The Morgan fingerprint density at radius 3 is 2.78 bits per heavy atom. The molecule has 1 amide bonds. The second-order valence-electron chi connectivity index (χ2n) is 4.44. The van der Waals surface area contributed by atoms with E-state index in [1.54, 1.807) is 12.1 Å². The number of ether oxygens (including phenoxy) is 1. The van der Waals surface area contributed by atoms with Crippen molar-refractivity contribution in [1.82, 2.24) is 5.43 Å². The molecule has 0 aliphatic carbocycles. The Bertz CT molecular complexity index is 751. The monoisotopic (exact) mass is 414 g/mol. The van der Waals surface area contributed by atoms with Crippen LogP contribution in [0.5, 0.6) is 5.75 Å². The summed E-state index contributed by atoms with van der Waals surface area (Å²) in [4.78, 5) is 12.1. The summed E-state index contributed by atoms with van der Waals surface area (Å²) in [6.45, 7) is 2.43. The van der Waals surface area contributed by atoms with Gasteiger partial charge in [-0.3, -0.25) is 4.79 Å². The average Bonchev–Trinajstić information content (AvgIpc) is 2.50. The molecular weight excluding hydrogens is 403 g/mol. The van der Waals surface area contributed by atoms with E-state index < -0.39 is 5.91 Å². The van der Waals surface area contributed by atoms with Crippen LogP contribution in [0, 0.1) is 0 Å². The summed E-state index contributed by atoms with van der Waals surface area (Å²) < 4.78 is 6.39. The zero-order valence-corrected chi connectivity index (χ0v) is 15.2. The third-order valence-electron chi connectivity index (χ3n) is 2.82. The van der Waals surface area contributed by atoms with Gasteiger partial charge in [0, 0.05) is 15.1 Å². The first-order valence-corrected chi connectivity index (χ1v) is 8.27. The molecule has 0 fully saturated rings. The molecule has 0 saturated carbocycles. The van der Waals surface area contributed by atoms with Gasteiger partial charge in [0.25, 0.3) is 5.91 Å². The maximum absolute atomic E-state index is 12.1. The van der Waals surface area contributed by atoms with Crippen molar-refractivity contribution in [1.29, 1.82) is 0 Å². The SMILES string of the molecule is CCOc1ccc(Br)cc1C=NNC(=O)c1ccc(Cl)cc1Cl. The highest BCUT2D eigenvalue weighted by atomic mass is 79.9. The van der Waals surface area contributed by atoms with Crippen molar-refractivity contribution in [2.75, 3.05) is 6.61 Å². The number of carbonyl (C=O) groups excluding carboxylic acids is 1. The molecule has 0 spiro atoms. The number of halogens is 3. The molecule has 0 unspecified atom stereocenters. The molecule has 0 saturated heterocycles. The van der Waals surface area contributed by atoms with Crippen LogP contribution in [0.15, 0.2) is 46.0 Å². The normalized spacial score (nSPS) is 10.8. The second-order valence-corrected chi connectivity index (χ2v) is 6.20. The van der Waals surface area contributed by atoms with Crippen LogP contribution in [0.3, 0.4) is 0 Å². The van der Waals surface area contributed by atoms with Gasteiger partial charge in [0.1, 0.15) is 5.75 Å². The van der Waals surface area contributed by atoms with Crippen LogP contribution < -0.4 is 10.2 Å². The maximum Gasteiger partial charge on any atom is 0.272 e. The number of nitrogens with one attached hydrogen (secondary N) is 1. The molecule has 2 aromatic rings. The third kappa shape index (κ3) is 4.96. The molecule has 23 heavy (non-hydrogen) atoms. The van der Waals surface area contributed by atoms with Crippen LogP contribution in [0.4, 0.5) is 0 Å². The zero-order chi connectivity index (χ0) is 16.8. The van der Waals surface area contributed by atoms with Crippen LogP contribution in [0.1, 0.15) is 22.8 Å². The van der Waals surface area contributed by atoms with Crippen LogP contribution in [0.25, 0.3) is 0 Å². The number of carbonyl (C=O) groups is 1. The van der Waals surface area contributed by atoms with E-state index in [2.05, 4.69) is 26.5 Å². The van der Waals surface area contributed by atoms with Gasteiger partial charge >= 0.3 is 0 Å². The molecule has 0 radical (unpaired) electrons. The Kier molecular flexibility index (Phi) is 6.45. The lowest BCUT2D eigenvalue weighted by Gasteiger charge is -2.07. The summed E-state index contributed by atoms with van der Waals surface area (Å²) in [7, 11) is 0. The van der Waals surface area contributed by atoms with Gasteiger partial charge in [-0.05, 0) is 43.3 Å². The first-order valence-electron chi connectivity index (χ1n) is 6.72. The van der Waals surface area contributed by atoms with E-state index in [1.807, 2.05) is 25.1 Å². The lowest BCUT2D eigenvalue weighted by atomic mass is 10.2. The fraction of sp³-hybridized carbons (Fsp3) is 0.125. The predicted molar refractivity (Wildman–Crippen MR) is 96.8 cm³/mol. The number of hydrazone groups is 1. The van der Waals surface area contributed by atoms with Gasteiger partial charge in [-0.1, -0.05) is 39.1 Å². The van der Waals surface area contributed by atoms with Crippen LogP contribution >= 0.6 is 39.1 Å². The average molecular weight is 416 g/mol. The van der Waals surface area contributed by atoms with Crippen molar-refractivity contribution in [3.63, 3.8) is 0 Å². The molecule has 0 heterocycles. The van der Waals surface area contributed by atoms with Crippen LogP contribution in [0.2, 0.25) is 10.0 Å². The minimum atomic E-state index is -0.420. The van der Waals surface area contributed by atoms with Crippen LogP contribution in [-0.4, -0.2) is 18.7 Å². The molecule has 0 aromatic heterocycles. The fourth-order valence-corrected chi connectivity index (χ4v) is 2.67. The van der Waals surface area contributed by atoms with Crippen molar-refractivity contribution in [2.45, 2.75) is 6.92 Å². The molecule has 1 N–H and O–H groups in total. The van der Waals surface area contributed by atoms with E-state index in [0.29, 0.717) is 22.9 Å². The number of benzene rings is 2. The maximum atomic E-state index is 12.1. The number of rotatable bonds is 5. The first kappa shape index (κ1) is 17.8. The molecule has 0 aliphatic heterocycles. The molecule has 0 aliphatic rings.